The molecule has 0 saturated carbocycles. The monoisotopic (exact) mass is 499 g/mol. The van der Waals surface area contributed by atoms with Gasteiger partial charge in [0.15, 0.2) is 0 Å². The van der Waals surface area contributed by atoms with E-state index in [1.165, 1.54) is 0 Å². The van der Waals surface area contributed by atoms with E-state index in [2.05, 4.69) is 36.1 Å². The first kappa shape index (κ1) is 21.4. The Hall–Kier alpha value is -2.49. The Morgan fingerprint density at radius 2 is 2.03 bits per heavy atom. The number of fused-ring (bicyclic) bond motifs is 2. The number of aryl methyl sites for hydroxylation is 1. The van der Waals surface area contributed by atoms with Gasteiger partial charge in [0.25, 0.3) is 11.8 Å². The number of aromatic nitrogens is 2. The van der Waals surface area contributed by atoms with Gasteiger partial charge >= 0.3 is 0 Å². The quantitative estimate of drug-likeness (QED) is 0.631. The van der Waals surface area contributed by atoms with E-state index in [-0.39, 0.29) is 11.8 Å². The number of nitrogens with one attached hydrogen (secondary N) is 2. The third-order valence-corrected chi connectivity index (χ3v) is 6.86. The smallest absolute Gasteiger partial charge is 0.257 e. The van der Waals surface area contributed by atoms with E-state index in [0.717, 1.165) is 91.3 Å². The van der Waals surface area contributed by atoms with Crippen molar-refractivity contribution in [1.82, 2.24) is 19.8 Å². The number of H-pyrrole nitrogens is 1. The minimum atomic E-state index is -0.187. The molecule has 5 heterocycles. The molecule has 3 aliphatic rings. The highest BCUT2D eigenvalue weighted by molar-refractivity contribution is 9.10. The number of ether oxygens (including phenoxy) is 1. The molecular formula is C23H26BrN5O3. The standard InChI is InChI=1S/C23H26BrN5O3/c1-14-19(12-17-16-11-15(24)13-25-21(16)27-22(17)30)26-18-3-2-4-29(23(31)20(14)18)6-5-28-7-9-32-10-8-28/h11-13,26H,2-10H2,1H3,(H,25,27,30)/b17-12+. The third kappa shape index (κ3) is 4.00. The number of nitrogens with zero attached hydrogens (tertiary/aromatic N) is 3. The number of pyridine rings is 1. The van der Waals surface area contributed by atoms with Gasteiger partial charge in [-0.25, -0.2) is 4.98 Å². The van der Waals surface area contributed by atoms with Crippen molar-refractivity contribution in [3.63, 3.8) is 0 Å². The maximum Gasteiger partial charge on any atom is 0.257 e. The highest BCUT2D eigenvalue weighted by atomic mass is 79.9. The second kappa shape index (κ2) is 8.80. The Balaban J connectivity index is 1.41. The van der Waals surface area contributed by atoms with Crippen LogP contribution in [-0.4, -0.2) is 77.5 Å². The second-order valence-corrected chi connectivity index (χ2v) is 9.34. The van der Waals surface area contributed by atoms with Crippen LogP contribution in [0.2, 0.25) is 0 Å². The fourth-order valence-electron chi connectivity index (χ4n) is 4.64. The molecule has 1 saturated heterocycles. The number of amides is 2. The van der Waals surface area contributed by atoms with E-state index in [1.54, 1.807) is 6.20 Å². The van der Waals surface area contributed by atoms with Gasteiger partial charge in [-0.1, -0.05) is 0 Å². The number of carbonyl (C=O) groups is 2. The highest BCUT2D eigenvalue weighted by Crippen LogP contribution is 2.34. The van der Waals surface area contributed by atoms with Crippen LogP contribution in [0.4, 0.5) is 5.82 Å². The molecule has 2 N–H and O–H groups in total. The van der Waals surface area contributed by atoms with Crippen LogP contribution < -0.4 is 5.32 Å². The molecule has 3 aliphatic heterocycles. The van der Waals surface area contributed by atoms with Crippen molar-refractivity contribution in [2.24, 2.45) is 0 Å². The summed E-state index contributed by atoms with van der Waals surface area (Å²) in [6.45, 7) is 7.66. The summed E-state index contributed by atoms with van der Waals surface area (Å²) < 4.78 is 6.23. The topological polar surface area (TPSA) is 90.6 Å². The van der Waals surface area contributed by atoms with Crippen LogP contribution in [0, 0.1) is 6.92 Å². The Morgan fingerprint density at radius 1 is 1.22 bits per heavy atom. The van der Waals surface area contributed by atoms with Crippen LogP contribution in [0.5, 0.6) is 0 Å². The fourth-order valence-corrected chi connectivity index (χ4v) is 4.97. The normalized spacial score (nSPS) is 20.3. The van der Waals surface area contributed by atoms with Gasteiger partial charge in [0.2, 0.25) is 0 Å². The Labute approximate surface area is 195 Å². The van der Waals surface area contributed by atoms with Crippen molar-refractivity contribution in [3.8, 4) is 0 Å². The number of halogens is 1. The molecule has 8 nitrogen and oxygen atoms in total. The molecule has 0 atom stereocenters. The van der Waals surface area contributed by atoms with Gasteiger partial charge in [0.05, 0.1) is 24.4 Å². The molecule has 2 aromatic rings. The van der Waals surface area contributed by atoms with Crippen molar-refractivity contribution in [1.29, 1.82) is 0 Å². The maximum atomic E-state index is 13.4. The van der Waals surface area contributed by atoms with Crippen molar-refractivity contribution in [2.75, 3.05) is 51.3 Å². The third-order valence-electron chi connectivity index (χ3n) is 6.42. The average Bonchev–Trinajstić information content (AvgIpc) is 3.20. The van der Waals surface area contributed by atoms with E-state index in [1.807, 2.05) is 24.0 Å². The molecule has 1 fully saturated rings. The maximum absolute atomic E-state index is 13.4. The van der Waals surface area contributed by atoms with Crippen LogP contribution in [-0.2, 0) is 16.0 Å². The van der Waals surface area contributed by atoms with E-state index < -0.39 is 0 Å². The van der Waals surface area contributed by atoms with Crippen LogP contribution >= 0.6 is 15.9 Å². The van der Waals surface area contributed by atoms with Gasteiger partial charge in [-0.3, -0.25) is 14.5 Å². The summed E-state index contributed by atoms with van der Waals surface area (Å²) in [7, 11) is 0. The SMILES string of the molecule is Cc1c(/C=C2/C(=O)Nc3ncc(Br)cc32)[nH]c2c1C(=O)N(CCN1CCOCC1)CCC2. The molecule has 5 rings (SSSR count). The van der Waals surface area contributed by atoms with E-state index in [4.69, 9.17) is 4.74 Å². The largest absolute Gasteiger partial charge is 0.379 e. The number of rotatable bonds is 4. The fraction of sp³-hybridized carbons (Fsp3) is 0.435. The molecule has 0 radical (unpaired) electrons. The summed E-state index contributed by atoms with van der Waals surface area (Å²) in [4.78, 5) is 38.0. The predicted octanol–water partition coefficient (Wildman–Crippen LogP) is 2.69. The lowest BCUT2D eigenvalue weighted by molar-refractivity contribution is -0.110. The first-order valence-corrected chi connectivity index (χ1v) is 11.8. The van der Waals surface area contributed by atoms with Gasteiger partial charge in [-0.15, -0.1) is 0 Å². The van der Waals surface area contributed by atoms with Crippen LogP contribution in [0.25, 0.3) is 11.6 Å². The van der Waals surface area contributed by atoms with Crippen molar-refractivity contribution >= 4 is 45.2 Å². The summed E-state index contributed by atoms with van der Waals surface area (Å²) in [5.41, 5.74) is 4.70. The van der Waals surface area contributed by atoms with Gasteiger partial charge in [0, 0.05) is 60.3 Å². The molecule has 9 heteroatoms. The Bertz CT molecular complexity index is 1100. The average molecular weight is 500 g/mol. The summed E-state index contributed by atoms with van der Waals surface area (Å²) in [6, 6.07) is 1.88. The lowest BCUT2D eigenvalue weighted by atomic mass is 10.0. The summed E-state index contributed by atoms with van der Waals surface area (Å²) in [6.07, 6.45) is 5.23. The van der Waals surface area contributed by atoms with Gasteiger partial charge < -0.3 is 19.9 Å². The van der Waals surface area contributed by atoms with Crippen molar-refractivity contribution < 1.29 is 14.3 Å². The first-order valence-electron chi connectivity index (χ1n) is 11.0. The molecule has 0 aliphatic carbocycles. The lowest BCUT2D eigenvalue weighted by Crippen LogP contribution is -2.43. The van der Waals surface area contributed by atoms with Crippen molar-refractivity contribution in [2.45, 2.75) is 19.8 Å². The summed E-state index contributed by atoms with van der Waals surface area (Å²) >= 11 is 3.43. The second-order valence-electron chi connectivity index (χ2n) is 8.43. The first-order chi connectivity index (χ1) is 15.5. The number of hydrogen-bond donors (Lipinski definition) is 2. The molecule has 0 aromatic carbocycles. The zero-order valence-electron chi connectivity index (χ0n) is 18.0. The molecule has 2 aromatic heterocycles. The molecule has 0 bridgehead atoms. The summed E-state index contributed by atoms with van der Waals surface area (Å²) in [5.74, 6) is 0.443. The van der Waals surface area contributed by atoms with Crippen molar-refractivity contribution in [3.05, 3.63) is 44.8 Å². The molecular weight excluding hydrogens is 474 g/mol. The number of anilines is 1. The molecule has 32 heavy (non-hydrogen) atoms. The van der Waals surface area contributed by atoms with Crippen LogP contribution in [0.15, 0.2) is 16.7 Å². The van der Waals surface area contributed by atoms with Gasteiger partial charge in [0.1, 0.15) is 5.82 Å². The Kier molecular flexibility index (Phi) is 5.88. The molecule has 2 amide bonds. The predicted molar refractivity (Wildman–Crippen MR) is 125 cm³/mol. The number of morpholine rings is 1. The lowest BCUT2D eigenvalue weighted by Gasteiger charge is -2.29. The van der Waals surface area contributed by atoms with Crippen LogP contribution in [0.3, 0.4) is 0 Å². The molecule has 0 spiro atoms. The minimum Gasteiger partial charge on any atom is -0.379 e. The number of carbonyl (C=O) groups excluding carboxylic acids is 2. The zero-order chi connectivity index (χ0) is 22.2. The number of hydrogen-bond acceptors (Lipinski definition) is 5. The van der Waals surface area contributed by atoms with Crippen LogP contribution in [0.1, 0.15) is 39.3 Å². The Morgan fingerprint density at radius 3 is 2.84 bits per heavy atom. The minimum absolute atomic E-state index is 0.0739. The molecule has 168 valence electrons. The molecule has 0 unspecified atom stereocenters. The van der Waals surface area contributed by atoms with E-state index in [0.29, 0.717) is 11.4 Å². The van der Waals surface area contributed by atoms with E-state index >= 15 is 0 Å². The van der Waals surface area contributed by atoms with Gasteiger partial charge in [-0.2, -0.15) is 0 Å². The highest BCUT2D eigenvalue weighted by Gasteiger charge is 2.30. The zero-order valence-corrected chi connectivity index (χ0v) is 19.6. The number of aromatic amines is 1. The van der Waals surface area contributed by atoms with E-state index in [9.17, 15) is 9.59 Å². The summed E-state index contributed by atoms with van der Waals surface area (Å²) in [5, 5.41) is 2.81. The van der Waals surface area contributed by atoms with Gasteiger partial charge in [-0.05, 0) is 53.4 Å².